The number of likely N-dealkylation sites (tertiary alicyclic amines) is 1. The molecule has 1 aromatic carbocycles. The Morgan fingerprint density at radius 1 is 1.50 bits per heavy atom. The number of carbonyl (C=O) groups is 1. The van der Waals surface area contributed by atoms with Gasteiger partial charge in [0.25, 0.3) is 11.6 Å². The summed E-state index contributed by atoms with van der Waals surface area (Å²) in [5.74, 6) is -0.124. The molecule has 1 aliphatic heterocycles. The Labute approximate surface area is 136 Å². The van der Waals surface area contributed by atoms with E-state index in [1.807, 2.05) is 14.0 Å². The summed E-state index contributed by atoms with van der Waals surface area (Å²) in [6.07, 6.45) is 2.58. The van der Waals surface area contributed by atoms with Crippen molar-refractivity contribution in [2.24, 2.45) is 0 Å². The highest BCUT2D eigenvalue weighted by atomic mass is 35.5. The zero-order valence-electron chi connectivity index (χ0n) is 12.9. The molecule has 1 fully saturated rings. The summed E-state index contributed by atoms with van der Waals surface area (Å²) in [6.45, 7) is 3.23. The first-order valence-electron chi connectivity index (χ1n) is 7.30. The second-order valence-corrected chi connectivity index (χ2v) is 5.33. The topological polar surface area (TPSA) is 75.5 Å². The SMILES string of the molecule is CCc1ccc(C(=O)N2CCCC(NC)C2)cc1[N+](=O)[O-].Cl. The third kappa shape index (κ3) is 3.96. The quantitative estimate of drug-likeness (QED) is 0.680. The van der Waals surface area contributed by atoms with Gasteiger partial charge in [-0.05, 0) is 32.4 Å². The molecule has 1 N–H and O–H groups in total. The molecule has 6 nitrogen and oxygen atoms in total. The number of benzene rings is 1. The van der Waals surface area contributed by atoms with E-state index in [1.54, 1.807) is 17.0 Å². The van der Waals surface area contributed by atoms with Crippen LogP contribution >= 0.6 is 12.4 Å². The van der Waals surface area contributed by atoms with Gasteiger partial charge in [-0.1, -0.05) is 13.0 Å². The molecule has 1 unspecified atom stereocenters. The minimum absolute atomic E-state index is 0. The standard InChI is InChI=1S/C15H21N3O3.ClH/c1-3-11-6-7-12(9-14(11)18(20)21)15(19)17-8-4-5-13(10-17)16-2;/h6-7,9,13,16H,3-5,8,10H2,1-2H3;1H. The zero-order valence-corrected chi connectivity index (χ0v) is 13.7. The number of nitro benzene ring substituents is 1. The van der Waals surface area contributed by atoms with Crippen LogP contribution in [0.4, 0.5) is 5.69 Å². The van der Waals surface area contributed by atoms with Gasteiger partial charge in [0, 0.05) is 36.3 Å². The lowest BCUT2D eigenvalue weighted by Crippen LogP contribution is -2.46. The maximum absolute atomic E-state index is 12.5. The lowest BCUT2D eigenvalue weighted by atomic mass is 10.0. The van der Waals surface area contributed by atoms with Crippen LogP contribution in [0.5, 0.6) is 0 Å². The molecule has 0 saturated carbocycles. The summed E-state index contributed by atoms with van der Waals surface area (Å²) >= 11 is 0. The molecular formula is C15H22ClN3O3. The van der Waals surface area contributed by atoms with Gasteiger partial charge in [0.2, 0.25) is 0 Å². The van der Waals surface area contributed by atoms with Crippen molar-refractivity contribution in [3.63, 3.8) is 0 Å². The van der Waals surface area contributed by atoms with Crippen molar-refractivity contribution in [3.05, 3.63) is 39.4 Å². The van der Waals surface area contributed by atoms with Crippen molar-refractivity contribution >= 4 is 24.0 Å². The van der Waals surface area contributed by atoms with Gasteiger partial charge in [0.1, 0.15) is 0 Å². The molecule has 0 aromatic heterocycles. The van der Waals surface area contributed by atoms with Crippen molar-refractivity contribution < 1.29 is 9.72 Å². The fourth-order valence-corrected chi connectivity index (χ4v) is 2.75. The van der Waals surface area contributed by atoms with Crippen molar-refractivity contribution in [1.82, 2.24) is 10.2 Å². The smallest absolute Gasteiger partial charge is 0.273 e. The molecule has 1 heterocycles. The van der Waals surface area contributed by atoms with Gasteiger partial charge in [-0.2, -0.15) is 0 Å². The van der Waals surface area contributed by atoms with Crippen LogP contribution in [0.2, 0.25) is 0 Å². The molecule has 22 heavy (non-hydrogen) atoms. The summed E-state index contributed by atoms with van der Waals surface area (Å²) in [5.41, 5.74) is 1.09. The Balaban J connectivity index is 0.00000242. The number of nitrogens with zero attached hydrogens (tertiary/aromatic N) is 2. The number of carbonyl (C=O) groups excluding carboxylic acids is 1. The van der Waals surface area contributed by atoms with Gasteiger partial charge in [-0.25, -0.2) is 0 Å². The van der Waals surface area contributed by atoms with E-state index in [-0.39, 0.29) is 24.0 Å². The Hall–Kier alpha value is -1.66. The van der Waals surface area contributed by atoms with E-state index >= 15 is 0 Å². The Morgan fingerprint density at radius 2 is 2.23 bits per heavy atom. The van der Waals surface area contributed by atoms with E-state index in [4.69, 9.17) is 0 Å². The summed E-state index contributed by atoms with van der Waals surface area (Å²) in [5, 5.41) is 14.3. The molecule has 0 aliphatic carbocycles. The van der Waals surface area contributed by atoms with E-state index in [9.17, 15) is 14.9 Å². The van der Waals surface area contributed by atoms with Crippen molar-refractivity contribution in [2.75, 3.05) is 20.1 Å². The first-order valence-corrected chi connectivity index (χ1v) is 7.30. The highest BCUT2D eigenvalue weighted by molar-refractivity contribution is 5.95. The van der Waals surface area contributed by atoms with Gasteiger partial charge in [-0.3, -0.25) is 14.9 Å². The molecule has 122 valence electrons. The highest BCUT2D eigenvalue weighted by Gasteiger charge is 2.25. The van der Waals surface area contributed by atoms with E-state index in [0.717, 1.165) is 12.8 Å². The lowest BCUT2D eigenvalue weighted by Gasteiger charge is -2.32. The average molecular weight is 328 g/mol. The third-order valence-electron chi connectivity index (χ3n) is 4.03. The van der Waals surface area contributed by atoms with Crippen LogP contribution in [0.25, 0.3) is 0 Å². The number of hydrogen-bond donors (Lipinski definition) is 1. The number of nitro groups is 1. The fraction of sp³-hybridized carbons (Fsp3) is 0.533. The molecule has 2 rings (SSSR count). The Kier molecular flexibility index (Phi) is 6.77. The highest BCUT2D eigenvalue weighted by Crippen LogP contribution is 2.22. The normalized spacial score (nSPS) is 17.7. The molecule has 0 spiro atoms. The third-order valence-corrected chi connectivity index (χ3v) is 4.03. The summed E-state index contributed by atoms with van der Waals surface area (Å²) in [4.78, 5) is 25.0. The molecule has 1 amide bonds. The number of piperidine rings is 1. The van der Waals surface area contributed by atoms with E-state index in [1.165, 1.54) is 6.07 Å². The number of aryl methyl sites for hydroxylation is 1. The molecule has 1 atom stereocenters. The van der Waals surface area contributed by atoms with Crippen LogP contribution in [-0.4, -0.2) is 41.9 Å². The number of likely N-dealkylation sites (N-methyl/N-ethyl adjacent to an activating group) is 1. The molecule has 1 aromatic rings. The van der Waals surface area contributed by atoms with Gasteiger partial charge in [0.15, 0.2) is 0 Å². The van der Waals surface area contributed by atoms with Crippen LogP contribution in [0.15, 0.2) is 18.2 Å². The first-order chi connectivity index (χ1) is 10.1. The lowest BCUT2D eigenvalue weighted by molar-refractivity contribution is -0.385. The van der Waals surface area contributed by atoms with Crippen molar-refractivity contribution in [1.29, 1.82) is 0 Å². The predicted octanol–water partition coefficient (Wildman–Crippen LogP) is 2.40. The number of nitrogens with one attached hydrogen (secondary N) is 1. The maximum atomic E-state index is 12.5. The van der Waals surface area contributed by atoms with Crippen molar-refractivity contribution in [2.45, 2.75) is 32.2 Å². The second-order valence-electron chi connectivity index (χ2n) is 5.33. The monoisotopic (exact) mass is 327 g/mol. The van der Waals surface area contributed by atoms with E-state index in [0.29, 0.717) is 36.7 Å². The van der Waals surface area contributed by atoms with E-state index < -0.39 is 4.92 Å². The van der Waals surface area contributed by atoms with Gasteiger partial charge in [0.05, 0.1) is 4.92 Å². The summed E-state index contributed by atoms with van der Waals surface area (Å²) in [6, 6.07) is 5.08. The number of amides is 1. The molecule has 1 aliphatic rings. The fourth-order valence-electron chi connectivity index (χ4n) is 2.75. The number of halogens is 1. The van der Waals surface area contributed by atoms with Gasteiger partial charge < -0.3 is 10.2 Å². The Morgan fingerprint density at radius 3 is 2.82 bits per heavy atom. The molecule has 0 bridgehead atoms. The van der Waals surface area contributed by atoms with Crippen LogP contribution < -0.4 is 5.32 Å². The van der Waals surface area contributed by atoms with E-state index in [2.05, 4.69) is 5.32 Å². The largest absolute Gasteiger partial charge is 0.337 e. The Bertz CT molecular complexity index is 551. The minimum atomic E-state index is -0.414. The average Bonchev–Trinajstić information content (AvgIpc) is 2.53. The number of hydrogen-bond acceptors (Lipinski definition) is 4. The minimum Gasteiger partial charge on any atom is -0.337 e. The van der Waals surface area contributed by atoms with Crippen LogP contribution in [0, 0.1) is 10.1 Å². The maximum Gasteiger partial charge on any atom is 0.273 e. The zero-order chi connectivity index (χ0) is 15.4. The van der Waals surface area contributed by atoms with Gasteiger partial charge in [-0.15, -0.1) is 12.4 Å². The van der Waals surface area contributed by atoms with Crippen LogP contribution in [-0.2, 0) is 6.42 Å². The van der Waals surface area contributed by atoms with Crippen molar-refractivity contribution in [3.8, 4) is 0 Å². The summed E-state index contributed by atoms with van der Waals surface area (Å²) in [7, 11) is 1.89. The summed E-state index contributed by atoms with van der Waals surface area (Å²) < 4.78 is 0. The first kappa shape index (κ1) is 18.4. The molecular weight excluding hydrogens is 306 g/mol. The molecule has 0 radical (unpaired) electrons. The number of rotatable bonds is 4. The molecule has 7 heteroatoms. The van der Waals surface area contributed by atoms with Crippen LogP contribution in [0.1, 0.15) is 35.7 Å². The molecule has 1 saturated heterocycles. The van der Waals surface area contributed by atoms with Crippen LogP contribution in [0.3, 0.4) is 0 Å². The second kappa shape index (κ2) is 8.10. The predicted molar refractivity (Wildman–Crippen MR) is 87.7 cm³/mol. The van der Waals surface area contributed by atoms with Gasteiger partial charge >= 0.3 is 0 Å².